The van der Waals surface area contributed by atoms with E-state index in [1.807, 2.05) is 29.2 Å². The summed E-state index contributed by atoms with van der Waals surface area (Å²) in [5, 5.41) is 0. The van der Waals surface area contributed by atoms with Crippen LogP contribution in [0.1, 0.15) is 12.0 Å². The molecule has 1 aliphatic heterocycles. The molecule has 4 heteroatoms. The lowest BCUT2D eigenvalue weighted by Gasteiger charge is -2.15. The van der Waals surface area contributed by atoms with Crippen LogP contribution in [0.4, 0.5) is 0 Å². The van der Waals surface area contributed by atoms with E-state index >= 15 is 0 Å². The van der Waals surface area contributed by atoms with E-state index in [0.717, 1.165) is 25.3 Å². The van der Waals surface area contributed by atoms with Crippen LogP contribution in [0.3, 0.4) is 0 Å². The molecule has 2 rings (SSSR count). The number of likely N-dealkylation sites (tertiary alicyclic amines) is 1. The first kappa shape index (κ1) is 12.4. The van der Waals surface area contributed by atoms with E-state index < -0.39 is 0 Å². The first-order valence-electron chi connectivity index (χ1n) is 5.74. The summed E-state index contributed by atoms with van der Waals surface area (Å²) in [5.41, 5.74) is 1.23. The molecular formula is C13H16BrNO2. The highest BCUT2D eigenvalue weighted by Crippen LogP contribution is 2.19. The molecule has 1 aromatic carbocycles. The van der Waals surface area contributed by atoms with Gasteiger partial charge in [-0.05, 0) is 24.1 Å². The van der Waals surface area contributed by atoms with Gasteiger partial charge in [0.1, 0.15) is 5.75 Å². The summed E-state index contributed by atoms with van der Waals surface area (Å²) < 4.78 is 5.11. The number of nitrogens with zero attached hydrogens (tertiary/aromatic N) is 1. The Morgan fingerprint density at radius 1 is 1.41 bits per heavy atom. The van der Waals surface area contributed by atoms with E-state index in [4.69, 9.17) is 4.74 Å². The molecule has 92 valence electrons. The number of ether oxygens (including phenoxy) is 1. The molecule has 0 aromatic heterocycles. The highest BCUT2D eigenvalue weighted by molar-refractivity contribution is 9.09. The molecule has 1 amide bonds. The Hall–Kier alpha value is -1.03. The van der Waals surface area contributed by atoms with Crippen molar-refractivity contribution in [2.45, 2.75) is 17.7 Å². The number of rotatable bonds is 4. The van der Waals surface area contributed by atoms with Gasteiger partial charge in [-0.1, -0.05) is 28.1 Å². The quantitative estimate of drug-likeness (QED) is 0.798. The molecule has 1 aliphatic rings. The molecule has 1 heterocycles. The van der Waals surface area contributed by atoms with E-state index in [2.05, 4.69) is 15.9 Å². The third-order valence-corrected chi connectivity index (χ3v) is 3.61. The van der Waals surface area contributed by atoms with Gasteiger partial charge in [0.25, 0.3) is 0 Å². The summed E-state index contributed by atoms with van der Waals surface area (Å²) in [7, 11) is 1.66. The fourth-order valence-corrected chi connectivity index (χ4v) is 2.62. The van der Waals surface area contributed by atoms with Crippen molar-refractivity contribution in [3.05, 3.63) is 29.8 Å². The highest BCUT2D eigenvalue weighted by atomic mass is 79.9. The lowest BCUT2D eigenvalue weighted by molar-refractivity contribution is -0.127. The summed E-state index contributed by atoms with van der Waals surface area (Å²) >= 11 is 3.49. The Bertz CT molecular complexity index is 391. The van der Waals surface area contributed by atoms with Gasteiger partial charge in [0, 0.05) is 24.3 Å². The van der Waals surface area contributed by atoms with E-state index in [-0.39, 0.29) is 5.91 Å². The fourth-order valence-electron chi connectivity index (χ4n) is 2.00. The minimum absolute atomic E-state index is 0.250. The number of amides is 1. The van der Waals surface area contributed by atoms with Crippen LogP contribution in [0.25, 0.3) is 0 Å². The Labute approximate surface area is 110 Å². The Kier molecular flexibility index (Phi) is 4.05. The Morgan fingerprint density at radius 2 is 2.12 bits per heavy atom. The van der Waals surface area contributed by atoms with Crippen LogP contribution >= 0.6 is 15.9 Å². The van der Waals surface area contributed by atoms with E-state index in [1.54, 1.807) is 7.11 Å². The lowest BCUT2D eigenvalue weighted by Crippen LogP contribution is -2.27. The number of halogens is 1. The molecule has 0 radical (unpaired) electrons. The van der Waals surface area contributed by atoms with Gasteiger partial charge in [-0.3, -0.25) is 4.79 Å². The van der Waals surface area contributed by atoms with E-state index in [0.29, 0.717) is 11.2 Å². The fraction of sp³-hybridized carbons (Fsp3) is 0.462. The van der Waals surface area contributed by atoms with Gasteiger partial charge in [-0.15, -0.1) is 0 Å². The average Bonchev–Trinajstić information content (AvgIpc) is 2.66. The maximum absolute atomic E-state index is 11.6. The molecule has 1 aromatic rings. The van der Waals surface area contributed by atoms with E-state index in [1.165, 1.54) is 5.56 Å². The van der Waals surface area contributed by atoms with Gasteiger partial charge >= 0.3 is 0 Å². The molecule has 0 spiro atoms. The van der Waals surface area contributed by atoms with Crippen molar-refractivity contribution in [2.75, 3.05) is 20.2 Å². The zero-order chi connectivity index (χ0) is 12.3. The van der Waals surface area contributed by atoms with Crippen molar-refractivity contribution >= 4 is 21.8 Å². The standard InChI is InChI=1S/C13H16BrNO2/c1-17-12-4-2-10(3-5-12)6-7-15-9-11(14)8-13(15)16/h2-5,11H,6-9H2,1H3. The van der Waals surface area contributed by atoms with Gasteiger partial charge < -0.3 is 9.64 Å². The second kappa shape index (κ2) is 5.54. The normalized spacial score (nSPS) is 19.8. The monoisotopic (exact) mass is 297 g/mol. The maximum Gasteiger partial charge on any atom is 0.223 e. The third kappa shape index (κ3) is 3.22. The highest BCUT2D eigenvalue weighted by Gasteiger charge is 2.26. The lowest BCUT2D eigenvalue weighted by atomic mass is 10.1. The molecule has 0 bridgehead atoms. The molecule has 0 saturated carbocycles. The third-order valence-electron chi connectivity index (χ3n) is 3.00. The average molecular weight is 298 g/mol. The number of benzene rings is 1. The number of hydrogen-bond acceptors (Lipinski definition) is 2. The molecule has 1 fully saturated rings. The topological polar surface area (TPSA) is 29.5 Å². The minimum atomic E-state index is 0.250. The minimum Gasteiger partial charge on any atom is -0.497 e. The van der Waals surface area contributed by atoms with Crippen molar-refractivity contribution in [1.29, 1.82) is 0 Å². The molecule has 1 saturated heterocycles. The summed E-state index contributed by atoms with van der Waals surface area (Å²) in [6.07, 6.45) is 1.53. The predicted octanol–water partition coefficient (Wildman–Crippen LogP) is 2.23. The van der Waals surface area contributed by atoms with Crippen LogP contribution in [0.15, 0.2) is 24.3 Å². The Morgan fingerprint density at radius 3 is 2.65 bits per heavy atom. The van der Waals surface area contributed by atoms with Gasteiger partial charge in [-0.2, -0.15) is 0 Å². The largest absolute Gasteiger partial charge is 0.497 e. The second-order valence-corrected chi connectivity index (χ2v) is 5.53. The summed E-state index contributed by atoms with van der Waals surface area (Å²) in [4.78, 5) is 13.8. The van der Waals surface area contributed by atoms with Gasteiger partial charge in [0.2, 0.25) is 5.91 Å². The van der Waals surface area contributed by atoms with Crippen LogP contribution in [-0.4, -0.2) is 35.8 Å². The number of methoxy groups -OCH3 is 1. The molecule has 17 heavy (non-hydrogen) atoms. The van der Waals surface area contributed by atoms with Crippen molar-refractivity contribution in [1.82, 2.24) is 4.90 Å². The first-order valence-corrected chi connectivity index (χ1v) is 6.65. The molecule has 3 nitrogen and oxygen atoms in total. The number of hydrogen-bond donors (Lipinski definition) is 0. The number of carbonyl (C=O) groups excluding carboxylic acids is 1. The van der Waals surface area contributed by atoms with Crippen LogP contribution in [0, 0.1) is 0 Å². The van der Waals surface area contributed by atoms with Gasteiger partial charge in [0.05, 0.1) is 7.11 Å². The zero-order valence-electron chi connectivity index (χ0n) is 9.86. The van der Waals surface area contributed by atoms with Crippen LogP contribution in [-0.2, 0) is 11.2 Å². The van der Waals surface area contributed by atoms with Crippen LogP contribution in [0.2, 0.25) is 0 Å². The smallest absolute Gasteiger partial charge is 0.223 e. The van der Waals surface area contributed by atoms with Crippen molar-refractivity contribution < 1.29 is 9.53 Å². The summed E-state index contributed by atoms with van der Waals surface area (Å²) in [5.74, 6) is 1.12. The summed E-state index contributed by atoms with van der Waals surface area (Å²) in [6, 6.07) is 8.00. The van der Waals surface area contributed by atoms with E-state index in [9.17, 15) is 4.79 Å². The maximum atomic E-state index is 11.6. The molecule has 1 unspecified atom stereocenters. The van der Waals surface area contributed by atoms with Gasteiger partial charge in [-0.25, -0.2) is 0 Å². The summed E-state index contributed by atoms with van der Waals surface area (Å²) in [6.45, 7) is 1.63. The second-order valence-electron chi connectivity index (χ2n) is 4.24. The number of carbonyl (C=O) groups is 1. The molecular weight excluding hydrogens is 282 g/mol. The van der Waals surface area contributed by atoms with Crippen molar-refractivity contribution in [3.63, 3.8) is 0 Å². The van der Waals surface area contributed by atoms with Crippen molar-refractivity contribution in [3.8, 4) is 5.75 Å². The Balaban J connectivity index is 1.87. The zero-order valence-corrected chi connectivity index (χ0v) is 11.4. The molecule has 1 atom stereocenters. The predicted molar refractivity (Wildman–Crippen MR) is 70.6 cm³/mol. The van der Waals surface area contributed by atoms with Crippen LogP contribution < -0.4 is 4.74 Å². The molecule has 0 N–H and O–H groups in total. The number of alkyl halides is 1. The van der Waals surface area contributed by atoms with Gasteiger partial charge in [0.15, 0.2) is 0 Å². The SMILES string of the molecule is COc1ccc(CCN2CC(Br)CC2=O)cc1. The molecule has 0 aliphatic carbocycles. The van der Waals surface area contributed by atoms with Crippen LogP contribution in [0.5, 0.6) is 5.75 Å². The first-order chi connectivity index (χ1) is 8.19. The van der Waals surface area contributed by atoms with Crippen molar-refractivity contribution in [2.24, 2.45) is 0 Å².